The van der Waals surface area contributed by atoms with Crippen LogP contribution in [-0.2, 0) is 4.79 Å². The van der Waals surface area contributed by atoms with E-state index in [0.717, 1.165) is 6.42 Å². The Kier molecular flexibility index (Phi) is 7.74. The molecule has 1 atom stereocenters. The van der Waals surface area contributed by atoms with Crippen molar-refractivity contribution >= 4 is 40.9 Å². The highest BCUT2D eigenvalue weighted by molar-refractivity contribution is 6.32. The van der Waals surface area contributed by atoms with E-state index >= 15 is 0 Å². The van der Waals surface area contributed by atoms with E-state index in [1.54, 1.807) is 36.4 Å². The predicted octanol–water partition coefficient (Wildman–Crippen LogP) is 5.72. The number of benzene rings is 2. The van der Waals surface area contributed by atoms with Crippen LogP contribution in [0.4, 0.5) is 5.69 Å². The van der Waals surface area contributed by atoms with Crippen molar-refractivity contribution in [1.29, 1.82) is 5.26 Å². The summed E-state index contributed by atoms with van der Waals surface area (Å²) in [5.41, 5.74) is 0.941. The molecule has 2 rings (SSSR count). The second-order valence-corrected chi connectivity index (χ2v) is 6.85. The molecule has 146 valence electrons. The van der Waals surface area contributed by atoms with Crippen LogP contribution >= 0.6 is 23.2 Å². The van der Waals surface area contributed by atoms with E-state index in [2.05, 4.69) is 5.32 Å². The molecule has 7 heteroatoms. The lowest BCUT2D eigenvalue weighted by molar-refractivity contribution is -0.112. The Morgan fingerprint density at radius 3 is 2.68 bits per heavy atom. The number of hydrogen-bond donors (Lipinski definition) is 1. The molecule has 28 heavy (non-hydrogen) atoms. The van der Waals surface area contributed by atoms with Crippen LogP contribution in [-0.4, -0.2) is 19.1 Å². The topological polar surface area (TPSA) is 71.3 Å². The summed E-state index contributed by atoms with van der Waals surface area (Å²) in [6.07, 6.45) is 2.20. The fourth-order valence-electron chi connectivity index (χ4n) is 2.30. The summed E-state index contributed by atoms with van der Waals surface area (Å²) in [6, 6.07) is 11.8. The minimum atomic E-state index is -0.556. The number of methoxy groups -OCH3 is 1. The van der Waals surface area contributed by atoms with Crippen LogP contribution in [0.15, 0.2) is 42.0 Å². The largest absolute Gasteiger partial charge is 0.493 e. The van der Waals surface area contributed by atoms with Crippen LogP contribution in [0.2, 0.25) is 10.0 Å². The van der Waals surface area contributed by atoms with Crippen LogP contribution in [0.1, 0.15) is 25.8 Å². The van der Waals surface area contributed by atoms with Gasteiger partial charge in [0, 0.05) is 10.7 Å². The van der Waals surface area contributed by atoms with E-state index in [9.17, 15) is 10.1 Å². The molecule has 0 fully saturated rings. The van der Waals surface area contributed by atoms with Gasteiger partial charge in [-0.3, -0.25) is 4.79 Å². The number of carbonyl (C=O) groups excluding carboxylic acids is 1. The van der Waals surface area contributed by atoms with Crippen molar-refractivity contribution in [1.82, 2.24) is 0 Å². The van der Waals surface area contributed by atoms with E-state index in [1.807, 2.05) is 19.9 Å². The van der Waals surface area contributed by atoms with Crippen molar-refractivity contribution in [2.75, 3.05) is 12.4 Å². The summed E-state index contributed by atoms with van der Waals surface area (Å²) >= 11 is 12.2. The molecule has 0 bridgehead atoms. The van der Waals surface area contributed by atoms with Crippen LogP contribution in [0.5, 0.6) is 11.5 Å². The van der Waals surface area contributed by atoms with Gasteiger partial charge >= 0.3 is 0 Å². The summed E-state index contributed by atoms with van der Waals surface area (Å²) in [5, 5.41) is 12.8. The standard InChI is InChI=1S/C21H20Cl2N2O3/c1-4-13(2)28-20-18(23)9-14(10-19(20)27-3)8-15(12-24)21(26)25-17-7-5-6-16(22)11-17/h5-11,13H,4H2,1-3H3,(H,25,26)/b15-8-/t13-/m0/s1. The quantitative estimate of drug-likeness (QED) is 0.460. The molecule has 2 aromatic carbocycles. The SMILES string of the molecule is CC[C@H](C)Oc1c(Cl)cc(/C=C(/C#N)C(=O)Nc2cccc(Cl)c2)cc1OC. The average Bonchev–Trinajstić information content (AvgIpc) is 2.67. The molecule has 0 spiro atoms. The van der Waals surface area contributed by atoms with E-state index in [4.69, 9.17) is 32.7 Å². The second kappa shape index (κ2) is 10.0. The smallest absolute Gasteiger partial charge is 0.266 e. The Balaban J connectivity index is 2.31. The van der Waals surface area contributed by atoms with Gasteiger partial charge in [-0.05, 0) is 55.3 Å². The zero-order valence-corrected chi connectivity index (χ0v) is 17.3. The zero-order chi connectivity index (χ0) is 20.7. The normalized spacial score (nSPS) is 12.1. The summed E-state index contributed by atoms with van der Waals surface area (Å²) in [5.74, 6) is 0.295. The van der Waals surface area contributed by atoms with Crippen LogP contribution in [0.3, 0.4) is 0 Å². The first-order chi connectivity index (χ1) is 13.4. The van der Waals surface area contributed by atoms with Crippen molar-refractivity contribution < 1.29 is 14.3 Å². The van der Waals surface area contributed by atoms with Gasteiger partial charge < -0.3 is 14.8 Å². The lowest BCUT2D eigenvalue weighted by atomic mass is 10.1. The minimum absolute atomic E-state index is 0.0362. The number of nitrogens with one attached hydrogen (secondary N) is 1. The van der Waals surface area contributed by atoms with Gasteiger partial charge in [-0.2, -0.15) is 5.26 Å². The molecule has 0 heterocycles. The fraction of sp³-hybridized carbons (Fsp3) is 0.238. The Morgan fingerprint density at radius 1 is 1.32 bits per heavy atom. The Labute approximate surface area is 174 Å². The predicted molar refractivity (Wildman–Crippen MR) is 112 cm³/mol. The van der Waals surface area contributed by atoms with Gasteiger partial charge in [0.05, 0.1) is 18.2 Å². The van der Waals surface area contributed by atoms with Crippen molar-refractivity contribution in [3.05, 3.63) is 57.6 Å². The van der Waals surface area contributed by atoms with Gasteiger partial charge in [-0.15, -0.1) is 0 Å². The van der Waals surface area contributed by atoms with E-state index in [-0.39, 0.29) is 11.7 Å². The van der Waals surface area contributed by atoms with E-state index in [0.29, 0.717) is 32.8 Å². The Hall–Kier alpha value is -2.68. The molecule has 1 N–H and O–H groups in total. The van der Waals surface area contributed by atoms with Gasteiger partial charge in [-0.25, -0.2) is 0 Å². The van der Waals surface area contributed by atoms with Gasteiger partial charge in [0.25, 0.3) is 5.91 Å². The van der Waals surface area contributed by atoms with Crippen molar-refractivity contribution in [3.8, 4) is 17.6 Å². The fourth-order valence-corrected chi connectivity index (χ4v) is 2.76. The third kappa shape index (κ3) is 5.66. The Morgan fingerprint density at radius 2 is 2.07 bits per heavy atom. The number of rotatable bonds is 7. The summed E-state index contributed by atoms with van der Waals surface area (Å²) < 4.78 is 11.2. The number of anilines is 1. The molecule has 0 unspecified atom stereocenters. The first-order valence-corrected chi connectivity index (χ1v) is 9.36. The molecule has 1 amide bonds. The van der Waals surface area contributed by atoms with E-state index in [1.165, 1.54) is 13.2 Å². The van der Waals surface area contributed by atoms with Crippen molar-refractivity contribution in [2.45, 2.75) is 26.4 Å². The molecule has 0 radical (unpaired) electrons. The zero-order valence-electron chi connectivity index (χ0n) is 15.8. The molecule has 0 saturated heterocycles. The van der Waals surface area contributed by atoms with Gasteiger partial charge in [0.15, 0.2) is 11.5 Å². The lowest BCUT2D eigenvalue weighted by Crippen LogP contribution is -2.13. The molecule has 0 aliphatic rings. The number of nitriles is 1. The maximum absolute atomic E-state index is 12.4. The van der Waals surface area contributed by atoms with Crippen LogP contribution in [0.25, 0.3) is 6.08 Å². The number of halogens is 2. The second-order valence-electron chi connectivity index (χ2n) is 6.01. The summed E-state index contributed by atoms with van der Waals surface area (Å²) in [6.45, 7) is 3.93. The number of nitrogens with zero attached hydrogens (tertiary/aromatic N) is 1. The van der Waals surface area contributed by atoms with E-state index < -0.39 is 5.91 Å². The van der Waals surface area contributed by atoms with Crippen molar-refractivity contribution in [3.63, 3.8) is 0 Å². The maximum Gasteiger partial charge on any atom is 0.266 e. The molecule has 0 aromatic heterocycles. The highest BCUT2D eigenvalue weighted by atomic mass is 35.5. The summed E-state index contributed by atoms with van der Waals surface area (Å²) in [7, 11) is 1.50. The minimum Gasteiger partial charge on any atom is -0.493 e. The number of amides is 1. The molecule has 5 nitrogen and oxygen atoms in total. The van der Waals surface area contributed by atoms with Gasteiger partial charge in [-0.1, -0.05) is 36.2 Å². The third-order valence-corrected chi connectivity index (χ3v) is 4.42. The number of carbonyl (C=O) groups is 1. The summed E-state index contributed by atoms with van der Waals surface area (Å²) in [4.78, 5) is 12.4. The van der Waals surface area contributed by atoms with Crippen LogP contribution < -0.4 is 14.8 Å². The highest BCUT2D eigenvalue weighted by Crippen LogP contribution is 2.38. The van der Waals surface area contributed by atoms with Crippen molar-refractivity contribution in [2.24, 2.45) is 0 Å². The first-order valence-electron chi connectivity index (χ1n) is 8.60. The Bertz CT molecular complexity index is 936. The molecular formula is C21H20Cl2N2O3. The van der Waals surface area contributed by atoms with Crippen LogP contribution in [0, 0.1) is 11.3 Å². The van der Waals surface area contributed by atoms with Gasteiger partial charge in [0.1, 0.15) is 11.6 Å². The lowest BCUT2D eigenvalue weighted by Gasteiger charge is -2.17. The average molecular weight is 419 g/mol. The first kappa shape index (κ1) is 21.6. The third-order valence-electron chi connectivity index (χ3n) is 3.90. The number of hydrogen-bond acceptors (Lipinski definition) is 4. The highest BCUT2D eigenvalue weighted by Gasteiger charge is 2.16. The maximum atomic E-state index is 12.4. The molecule has 2 aromatic rings. The monoisotopic (exact) mass is 418 g/mol. The number of ether oxygens (including phenoxy) is 2. The molecule has 0 aliphatic carbocycles. The molecule has 0 saturated carbocycles. The molecular weight excluding hydrogens is 399 g/mol. The molecule has 0 aliphatic heterocycles. The van der Waals surface area contributed by atoms with Gasteiger partial charge in [0.2, 0.25) is 0 Å².